The van der Waals surface area contributed by atoms with Crippen molar-refractivity contribution < 1.29 is 19.4 Å². The Hall–Kier alpha value is -2.48. The summed E-state index contributed by atoms with van der Waals surface area (Å²) < 4.78 is 12.7. The zero-order chi connectivity index (χ0) is 30.0. The lowest BCUT2D eigenvalue weighted by atomic mass is 9.66. The molecule has 3 aliphatic rings. The van der Waals surface area contributed by atoms with Gasteiger partial charge in [0.25, 0.3) is 0 Å². The molecule has 3 unspecified atom stereocenters. The van der Waals surface area contributed by atoms with Crippen molar-refractivity contribution in [1.29, 1.82) is 0 Å². The molecule has 4 heterocycles. The Kier molecular flexibility index (Phi) is 9.31. The average Bonchev–Trinajstić information content (AvgIpc) is 3.41. The molecule has 2 fully saturated rings. The predicted molar refractivity (Wildman–Crippen MR) is 167 cm³/mol. The minimum Gasteiger partial charge on any atom is -0.480 e. The molecule has 0 aliphatic carbocycles. The van der Waals surface area contributed by atoms with Crippen molar-refractivity contribution in [2.75, 3.05) is 38.2 Å². The molecule has 7 nitrogen and oxygen atoms in total. The van der Waals surface area contributed by atoms with Gasteiger partial charge in [-0.1, -0.05) is 65.0 Å². The number of hydrogen-bond acceptors (Lipinski definition) is 6. The number of unbranched alkanes of at least 4 members (excludes halogenated alkanes) is 1. The molecule has 2 aromatic rings. The van der Waals surface area contributed by atoms with Crippen LogP contribution in [-0.4, -0.2) is 59.9 Å². The second kappa shape index (κ2) is 12.6. The van der Waals surface area contributed by atoms with Gasteiger partial charge in [-0.25, -0.2) is 9.78 Å². The number of carbonyl (C=O) groups is 1. The highest BCUT2D eigenvalue weighted by Crippen LogP contribution is 2.50. The van der Waals surface area contributed by atoms with E-state index in [9.17, 15) is 9.90 Å². The molecule has 0 radical (unpaired) electrons. The van der Waals surface area contributed by atoms with Gasteiger partial charge < -0.3 is 19.9 Å². The predicted octanol–water partition coefficient (Wildman–Crippen LogP) is 6.76. The van der Waals surface area contributed by atoms with E-state index in [0.717, 1.165) is 74.1 Å². The van der Waals surface area contributed by atoms with Crippen molar-refractivity contribution in [2.45, 2.75) is 104 Å². The first-order valence-electron chi connectivity index (χ1n) is 16.0. The number of likely N-dealkylation sites (tertiary alicyclic amines) is 1. The smallest absolute Gasteiger partial charge is 0.329 e. The van der Waals surface area contributed by atoms with Crippen molar-refractivity contribution in [2.24, 2.45) is 10.8 Å². The molecule has 2 saturated heterocycles. The summed E-state index contributed by atoms with van der Waals surface area (Å²) in [6.45, 7) is 14.3. The van der Waals surface area contributed by atoms with Gasteiger partial charge in [0.15, 0.2) is 5.54 Å². The molecule has 1 aromatic carbocycles. The quantitative estimate of drug-likeness (QED) is 0.302. The zero-order valence-electron chi connectivity index (χ0n) is 26.4. The number of aliphatic carboxylic acids is 1. The van der Waals surface area contributed by atoms with E-state index in [4.69, 9.17) is 14.5 Å². The number of hydrogen-bond donors (Lipinski definition) is 2. The Morgan fingerprint density at radius 3 is 2.71 bits per heavy atom. The summed E-state index contributed by atoms with van der Waals surface area (Å²) in [6, 6.07) is 12.5. The number of fused-ring (bicyclic) bond motifs is 1. The van der Waals surface area contributed by atoms with E-state index in [-0.39, 0.29) is 17.6 Å². The number of nitrogens with zero attached hydrogens (tertiary/aromatic N) is 2. The van der Waals surface area contributed by atoms with Crippen LogP contribution >= 0.6 is 0 Å². The molecule has 0 bridgehead atoms. The lowest BCUT2D eigenvalue weighted by molar-refractivity contribution is -0.162. The monoisotopic (exact) mass is 577 g/mol. The van der Waals surface area contributed by atoms with Gasteiger partial charge >= 0.3 is 5.97 Å². The van der Waals surface area contributed by atoms with Gasteiger partial charge in [-0.05, 0) is 85.0 Å². The number of carboxylic acid groups (broad SMARTS) is 1. The van der Waals surface area contributed by atoms with E-state index >= 15 is 0 Å². The van der Waals surface area contributed by atoms with E-state index < -0.39 is 16.9 Å². The molecule has 3 aliphatic heterocycles. The Morgan fingerprint density at radius 2 is 1.98 bits per heavy atom. The number of aryl methyl sites for hydroxylation is 2. The van der Waals surface area contributed by atoms with Gasteiger partial charge in [-0.3, -0.25) is 4.90 Å². The Balaban J connectivity index is 1.24. The summed E-state index contributed by atoms with van der Waals surface area (Å²) in [5.41, 5.74) is 2.73. The van der Waals surface area contributed by atoms with Crippen LogP contribution in [0.4, 0.5) is 5.82 Å². The maximum atomic E-state index is 13.5. The molecule has 2 N–H and O–H groups in total. The SMILES string of the molecule is CC1(C)CCC(c2ccccc2C(C(=O)O)(N2CCC(OCCCCc3ccc4c(n3)NCCC4)C2)C(C)(C)C)OC1. The van der Waals surface area contributed by atoms with Gasteiger partial charge in [0.1, 0.15) is 5.82 Å². The first-order chi connectivity index (χ1) is 20.0. The van der Waals surface area contributed by atoms with Crippen LogP contribution in [0.2, 0.25) is 0 Å². The first kappa shape index (κ1) is 31.0. The molecular weight excluding hydrogens is 526 g/mol. The van der Waals surface area contributed by atoms with E-state index in [0.29, 0.717) is 26.3 Å². The number of aromatic nitrogens is 1. The lowest BCUT2D eigenvalue weighted by Crippen LogP contribution is -2.59. The number of pyridine rings is 1. The largest absolute Gasteiger partial charge is 0.480 e. The zero-order valence-corrected chi connectivity index (χ0v) is 26.4. The van der Waals surface area contributed by atoms with Gasteiger partial charge in [-0.2, -0.15) is 0 Å². The first-order valence-corrected chi connectivity index (χ1v) is 16.0. The average molecular weight is 578 g/mol. The van der Waals surface area contributed by atoms with Crippen LogP contribution in [0.25, 0.3) is 0 Å². The summed E-state index contributed by atoms with van der Waals surface area (Å²) in [5.74, 6) is 0.258. The highest BCUT2D eigenvalue weighted by molar-refractivity contribution is 5.83. The standard InChI is InChI=1S/C35H51N3O4/c1-33(2,3)35(32(39)40,29-14-7-6-13-28(29)30-17-19-34(4,5)24-42-30)38-21-18-27(23-38)41-22-9-8-12-26-16-15-25-11-10-20-36-31(25)37-26/h6-7,13-16,27,30H,8-12,17-24H2,1-5H3,(H,36,37)(H,39,40). The van der Waals surface area contributed by atoms with Crippen molar-refractivity contribution in [3.8, 4) is 0 Å². The number of carboxylic acids is 1. The van der Waals surface area contributed by atoms with Crippen molar-refractivity contribution >= 4 is 11.8 Å². The molecular formula is C35H51N3O4. The summed E-state index contributed by atoms with van der Waals surface area (Å²) in [4.78, 5) is 20.5. The van der Waals surface area contributed by atoms with Crippen LogP contribution in [0.15, 0.2) is 36.4 Å². The third-order valence-electron chi connectivity index (χ3n) is 9.60. The van der Waals surface area contributed by atoms with Crippen LogP contribution in [-0.2, 0) is 32.6 Å². The van der Waals surface area contributed by atoms with Crippen molar-refractivity contribution in [3.63, 3.8) is 0 Å². The Bertz CT molecular complexity index is 1230. The molecule has 7 heteroatoms. The van der Waals surface area contributed by atoms with Gasteiger partial charge in [-0.15, -0.1) is 0 Å². The minimum atomic E-state index is -1.19. The van der Waals surface area contributed by atoms with E-state index in [2.05, 4.69) is 63.0 Å². The summed E-state index contributed by atoms with van der Waals surface area (Å²) in [6.07, 6.45) is 7.93. The van der Waals surface area contributed by atoms with E-state index in [1.165, 1.54) is 12.0 Å². The molecule has 42 heavy (non-hydrogen) atoms. The second-order valence-corrected chi connectivity index (χ2v) is 14.4. The van der Waals surface area contributed by atoms with Crippen LogP contribution in [0, 0.1) is 10.8 Å². The fourth-order valence-electron chi connectivity index (χ4n) is 7.31. The molecule has 0 spiro atoms. The number of anilines is 1. The summed E-state index contributed by atoms with van der Waals surface area (Å²) in [5, 5.41) is 14.5. The lowest BCUT2D eigenvalue weighted by Gasteiger charge is -2.49. The summed E-state index contributed by atoms with van der Waals surface area (Å²) >= 11 is 0. The molecule has 3 atom stereocenters. The fraction of sp³-hybridized carbons (Fsp3) is 0.657. The van der Waals surface area contributed by atoms with Crippen LogP contribution in [0.5, 0.6) is 0 Å². The van der Waals surface area contributed by atoms with Crippen LogP contribution < -0.4 is 5.32 Å². The third-order valence-corrected chi connectivity index (χ3v) is 9.60. The van der Waals surface area contributed by atoms with Crippen LogP contribution in [0.1, 0.15) is 102 Å². The van der Waals surface area contributed by atoms with Crippen LogP contribution in [0.3, 0.4) is 0 Å². The Labute approximate surface area is 252 Å². The van der Waals surface area contributed by atoms with Gasteiger partial charge in [0.05, 0.1) is 18.8 Å². The normalized spacial score (nSPS) is 24.0. The number of rotatable bonds is 10. The second-order valence-electron chi connectivity index (χ2n) is 14.4. The van der Waals surface area contributed by atoms with Crippen molar-refractivity contribution in [1.82, 2.24) is 9.88 Å². The molecule has 0 saturated carbocycles. The van der Waals surface area contributed by atoms with E-state index in [1.807, 2.05) is 18.2 Å². The third kappa shape index (κ3) is 6.39. The molecule has 230 valence electrons. The molecule has 0 amide bonds. The fourth-order valence-corrected chi connectivity index (χ4v) is 7.31. The van der Waals surface area contributed by atoms with Crippen molar-refractivity contribution in [3.05, 3.63) is 58.8 Å². The topological polar surface area (TPSA) is 83.9 Å². The number of ether oxygens (including phenoxy) is 2. The minimum absolute atomic E-state index is 0.0241. The van der Waals surface area contributed by atoms with Gasteiger partial charge in [0, 0.05) is 31.9 Å². The maximum Gasteiger partial charge on any atom is 0.329 e. The summed E-state index contributed by atoms with van der Waals surface area (Å²) in [7, 11) is 0. The number of benzene rings is 1. The number of nitrogens with one attached hydrogen (secondary N) is 1. The highest BCUT2D eigenvalue weighted by Gasteiger charge is 2.57. The molecule has 5 rings (SSSR count). The van der Waals surface area contributed by atoms with E-state index in [1.54, 1.807) is 0 Å². The Morgan fingerprint density at radius 1 is 1.17 bits per heavy atom. The highest BCUT2D eigenvalue weighted by atomic mass is 16.5. The maximum absolute atomic E-state index is 13.5. The molecule has 1 aromatic heterocycles. The van der Waals surface area contributed by atoms with Gasteiger partial charge in [0.2, 0.25) is 0 Å².